The third-order valence-electron chi connectivity index (χ3n) is 5.23. The first-order valence-corrected chi connectivity index (χ1v) is 9.37. The topological polar surface area (TPSA) is 68.5 Å². The van der Waals surface area contributed by atoms with Gasteiger partial charge in [0.25, 0.3) is 5.91 Å². The second-order valence-electron chi connectivity index (χ2n) is 7.23. The first-order valence-electron chi connectivity index (χ1n) is 9.37. The molecule has 2 aromatic rings. The van der Waals surface area contributed by atoms with Crippen LogP contribution in [0, 0.1) is 20.8 Å². The van der Waals surface area contributed by atoms with E-state index >= 15 is 0 Å². The van der Waals surface area contributed by atoms with E-state index in [-0.39, 0.29) is 12.0 Å². The Morgan fingerprint density at radius 2 is 2.00 bits per heavy atom. The van der Waals surface area contributed by atoms with Crippen LogP contribution < -0.4 is 0 Å². The number of rotatable bonds is 2. The number of carbonyl (C=O) groups excluding carboxylic acids is 1. The average molecular weight is 355 g/mol. The molecular weight excluding hydrogens is 330 g/mol. The maximum Gasteiger partial charge on any atom is 0.257 e. The molecule has 4 rings (SSSR count). The Morgan fingerprint density at radius 3 is 2.81 bits per heavy atom. The van der Waals surface area contributed by atoms with Gasteiger partial charge in [0.05, 0.1) is 24.4 Å². The highest BCUT2D eigenvalue weighted by molar-refractivity contribution is 5.97. The summed E-state index contributed by atoms with van der Waals surface area (Å²) in [5, 5.41) is 0. The maximum absolute atomic E-state index is 13.2. The van der Waals surface area contributed by atoms with Gasteiger partial charge in [-0.3, -0.25) is 4.79 Å². The molecule has 1 saturated heterocycles. The van der Waals surface area contributed by atoms with Gasteiger partial charge in [0.2, 0.25) is 0 Å². The number of amides is 1. The first-order chi connectivity index (χ1) is 12.5. The van der Waals surface area contributed by atoms with Crippen molar-refractivity contribution in [1.82, 2.24) is 14.9 Å². The number of carbonyl (C=O) groups is 1. The molecule has 1 atom stereocenters. The zero-order valence-electron chi connectivity index (χ0n) is 15.7. The summed E-state index contributed by atoms with van der Waals surface area (Å²) in [6.07, 6.45) is 3.92. The largest absolute Gasteiger partial charge is 0.465 e. The summed E-state index contributed by atoms with van der Waals surface area (Å²) in [6.45, 7) is 7.35. The second-order valence-corrected chi connectivity index (χ2v) is 7.23. The van der Waals surface area contributed by atoms with Crippen molar-refractivity contribution in [3.8, 4) is 0 Å². The van der Waals surface area contributed by atoms with Gasteiger partial charge >= 0.3 is 0 Å². The van der Waals surface area contributed by atoms with E-state index in [4.69, 9.17) is 9.15 Å². The number of fused-ring (bicyclic) bond motifs is 1. The minimum absolute atomic E-state index is 0.0604. The molecule has 0 aromatic carbocycles. The molecule has 0 unspecified atom stereocenters. The number of aromatic nitrogens is 2. The molecule has 0 radical (unpaired) electrons. The fraction of sp³-hybridized carbons (Fsp3) is 0.550. The second kappa shape index (κ2) is 6.83. The lowest BCUT2D eigenvalue weighted by Gasteiger charge is -2.33. The van der Waals surface area contributed by atoms with Crippen molar-refractivity contribution in [2.75, 3.05) is 19.7 Å². The van der Waals surface area contributed by atoms with Crippen LogP contribution in [0.3, 0.4) is 0 Å². The molecule has 1 aliphatic carbocycles. The Labute approximate surface area is 153 Å². The molecule has 138 valence electrons. The molecule has 0 saturated carbocycles. The van der Waals surface area contributed by atoms with Gasteiger partial charge in [-0.15, -0.1) is 0 Å². The fourth-order valence-electron chi connectivity index (χ4n) is 4.06. The molecule has 3 heterocycles. The third kappa shape index (κ3) is 3.14. The van der Waals surface area contributed by atoms with Gasteiger partial charge in [-0.25, -0.2) is 9.97 Å². The Kier molecular flexibility index (Phi) is 4.53. The number of nitrogens with zero attached hydrogens (tertiary/aromatic N) is 3. The summed E-state index contributed by atoms with van der Waals surface area (Å²) < 4.78 is 11.8. The van der Waals surface area contributed by atoms with Crippen molar-refractivity contribution in [1.29, 1.82) is 0 Å². The molecule has 1 amide bonds. The summed E-state index contributed by atoms with van der Waals surface area (Å²) in [4.78, 5) is 24.0. The fourth-order valence-corrected chi connectivity index (χ4v) is 4.06. The van der Waals surface area contributed by atoms with E-state index in [0.29, 0.717) is 19.7 Å². The Balaban J connectivity index is 1.58. The summed E-state index contributed by atoms with van der Waals surface area (Å²) in [7, 11) is 0. The zero-order valence-corrected chi connectivity index (χ0v) is 15.7. The Hall–Kier alpha value is -2.21. The Morgan fingerprint density at radius 1 is 1.19 bits per heavy atom. The van der Waals surface area contributed by atoms with Crippen molar-refractivity contribution in [3.63, 3.8) is 0 Å². The first kappa shape index (κ1) is 17.2. The van der Waals surface area contributed by atoms with E-state index in [2.05, 4.69) is 9.97 Å². The lowest BCUT2D eigenvalue weighted by atomic mass is 9.94. The molecule has 6 nitrogen and oxygen atoms in total. The van der Waals surface area contributed by atoms with Gasteiger partial charge in [0, 0.05) is 24.2 Å². The van der Waals surface area contributed by atoms with Crippen molar-refractivity contribution in [2.45, 2.75) is 52.6 Å². The molecule has 0 bridgehead atoms. The van der Waals surface area contributed by atoms with Crippen LogP contribution in [-0.4, -0.2) is 40.5 Å². The predicted molar refractivity (Wildman–Crippen MR) is 96.2 cm³/mol. The van der Waals surface area contributed by atoms with Crippen LogP contribution in [0.2, 0.25) is 0 Å². The molecule has 0 spiro atoms. The smallest absolute Gasteiger partial charge is 0.257 e. The van der Waals surface area contributed by atoms with Crippen LogP contribution in [0.1, 0.15) is 63.6 Å². The van der Waals surface area contributed by atoms with Crippen molar-refractivity contribution in [3.05, 3.63) is 45.9 Å². The van der Waals surface area contributed by atoms with Gasteiger partial charge < -0.3 is 14.1 Å². The number of morpholine rings is 1. The van der Waals surface area contributed by atoms with E-state index in [1.807, 2.05) is 31.7 Å². The van der Waals surface area contributed by atoms with Crippen LogP contribution in [0.15, 0.2) is 10.5 Å². The number of hydrogen-bond donors (Lipinski definition) is 0. The minimum Gasteiger partial charge on any atom is -0.465 e. The lowest BCUT2D eigenvalue weighted by molar-refractivity contribution is -0.0249. The van der Waals surface area contributed by atoms with Crippen LogP contribution in [-0.2, 0) is 17.6 Å². The van der Waals surface area contributed by atoms with Gasteiger partial charge in [-0.1, -0.05) is 0 Å². The van der Waals surface area contributed by atoms with Crippen LogP contribution >= 0.6 is 0 Å². The molecule has 2 aromatic heterocycles. The monoisotopic (exact) mass is 355 g/mol. The van der Waals surface area contributed by atoms with E-state index < -0.39 is 0 Å². The molecule has 2 aliphatic rings. The SMILES string of the molecule is Cc1cc([C@@H]2CN(C(=O)c3c(C)oc4c3CCCC4)CCO2)nc(C)n1. The summed E-state index contributed by atoms with van der Waals surface area (Å²) in [5.41, 5.74) is 3.66. The number of aryl methyl sites for hydroxylation is 4. The van der Waals surface area contributed by atoms with E-state index in [0.717, 1.165) is 65.5 Å². The van der Waals surface area contributed by atoms with Crippen LogP contribution in [0.25, 0.3) is 0 Å². The highest BCUT2D eigenvalue weighted by Gasteiger charge is 2.32. The van der Waals surface area contributed by atoms with E-state index in [9.17, 15) is 4.79 Å². The van der Waals surface area contributed by atoms with Crippen molar-refractivity contribution >= 4 is 5.91 Å². The normalized spacial score (nSPS) is 20.1. The summed E-state index contributed by atoms with van der Waals surface area (Å²) >= 11 is 0. The van der Waals surface area contributed by atoms with E-state index in [1.165, 1.54) is 0 Å². The molecular formula is C20H25N3O3. The highest BCUT2D eigenvalue weighted by atomic mass is 16.5. The summed E-state index contributed by atoms with van der Waals surface area (Å²) in [6, 6.07) is 1.94. The predicted octanol–water partition coefficient (Wildman–Crippen LogP) is 3.09. The lowest BCUT2D eigenvalue weighted by Crippen LogP contribution is -2.43. The highest BCUT2D eigenvalue weighted by Crippen LogP contribution is 2.31. The van der Waals surface area contributed by atoms with Crippen molar-refractivity contribution in [2.24, 2.45) is 0 Å². The zero-order chi connectivity index (χ0) is 18.3. The van der Waals surface area contributed by atoms with Gasteiger partial charge in [0.15, 0.2) is 0 Å². The van der Waals surface area contributed by atoms with Crippen LogP contribution in [0.4, 0.5) is 0 Å². The number of ether oxygens (including phenoxy) is 1. The molecule has 1 fully saturated rings. The molecule has 26 heavy (non-hydrogen) atoms. The molecule has 1 aliphatic heterocycles. The quantitative estimate of drug-likeness (QED) is 0.828. The standard InChI is InChI=1S/C20H25N3O3/c1-12-10-16(22-14(3)21-12)18-11-23(8-9-25-18)20(24)19-13(2)26-17-7-5-4-6-15(17)19/h10,18H,4-9,11H2,1-3H3/t18-/m0/s1. The maximum atomic E-state index is 13.2. The summed E-state index contributed by atoms with van der Waals surface area (Å²) in [5.74, 6) is 2.54. The number of furan rings is 1. The molecule has 6 heteroatoms. The number of hydrogen-bond acceptors (Lipinski definition) is 5. The minimum atomic E-state index is -0.212. The Bertz CT molecular complexity index is 823. The van der Waals surface area contributed by atoms with Crippen molar-refractivity contribution < 1.29 is 13.9 Å². The van der Waals surface area contributed by atoms with Gasteiger partial charge in [-0.05, 0) is 46.1 Å². The van der Waals surface area contributed by atoms with E-state index in [1.54, 1.807) is 0 Å². The van der Waals surface area contributed by atoms with Crippen LogP contribution in [0.5, 0.6) is 0 Å². The molecule has 0 N–H and O–H groups in total. The average Bonchev–Trinajstić information content (AvgIpc) is 2.96. The van der Waals surface area contributed by atoms with Gasteiger partial charge in [0.1, 0.15) is 23.4 Å². The van der Waals surface area contributed by atoms with Gasteiger partial charge in [-0.2, -0.15) is 0 Å². The third-order valence-corrected chi connectivity index (χ3v) is 5.23.